The van der Waals surface area contributed by atoms with Crippen LogP contribution in [0.4, 0.5) is 4.39 Å². The van der Waals surface area contributed by atoms with Gasteiger partial charge in [-0.1, -0.05) is 0 Å². The Morgan fingerprint density at radius 1 is 1.21 bits per heavy atom. The molecule has 0 amide bonds. The Hall–Kier alpha value is -0.990. The third-order valence-corrected chi connectivity index (χ3v) is 4.91. The Bertz CT molecular complexity index is 648. The summed E-state index contributed by atoms with van der Waals surface area (Å²) in [7, 11) is -7.23. The van der Waals surface area contributed by atoms with Gasteiger partial charge in [-0.15, -0.1) is 0 Å². The molecular weight excluding hydrogens is 293 g/mol. The van der Waals surface area contributed by atoms with Crippen molar-refractivity contribution in [3.05, 3.63) is 29.6 Å². The molecule has 108 valence electrons. The number of halogens is 1. The molecule has 1 rings (SSSR count). The highest BCUT2D eigenvalue weighted by molar-refractivity contribution is 7.91. The topological polar surface area (TPSA) is 80.3 Å². The molecule has 8 heteroatoms. The van der Waals surface area contributed by atoms with Gasteiger partial charge >= 0.3 is 0 Å². The summed E-state index contributed by atoms with van der Waals surface area (Å²) in [6.07, 6.45) is 1.02. The van der Waals surface area contributed by atoms with E-state index in [1.54, 1.807) is 6.92 Å². The minimum absolute atomic E-state index is 0.217. The van der Waals surface area contributed by atoms with Crippen LogP contribution < -0.4 is 4.72 Å². The molecule has 1 N–H and O–H groups in total. The second-order valence-corrected chi connectivity index (χ2v) is 8.48. The minimum Gasteiger partial charge on any atom is -0.229 e. The van der Waals surface area contributed by atoms with E-state index < -0.39 is 31.7 Å². The molecule has 19 heavy (non-hydrogen) atoms. The second kappa shape index (κ2) is 5.56. The molecular formula is C11H16FNO4S2. The largest absolute Gasteiger partial charge is 0.240 e. The van der Waals surface area contributed by atoms with E-state index in [0.29, 0.717) is 5.56 Å². The van der Waals surface area contributed by atoms with Gasteiger partial charge in [0, 0.05) is 12.3 Å². The lowest BCUT2D eigenvalue weighted by atomic mass is 10.2. The predicted octanol–water partition coefficient (Wildman–Crippen LogP) is 0.846. The van der Waals surface area contributed by atoms with Crippen LogP contribution in [0.3, 0.4) is 0 Å². The molecule has 0 heterocycles. The maximum absolute atomic E-state index is 13.2. The average molecular weight is 309 g/mol. The zero-order valence-electron chi connectivity index (χ0n) is 10.8. The highest BCUT2D eigenvalue weighted by Crippen LogP contribution is 2.14. The van der Waals surface area contributed by atoms with Crippen LogP contribution in [0.25, 0.3) is 0 Å². The van der Waals surface area contributed by atoms with E-state index in [9.17, 15) is 21.2 Å². The van der Waals surface area contributed by atoms with Crippen LogP contribution in [-0.4, -0.2) is 34.9 Å². The second-order valence-electron chi connectivity index (χ2n) is 4.58. The van der Waals surface area contributed by atoms with E-state index in [2.05, 4.69) is 4.72 Å². The molecule has 1 aromatic rings. The fourth-order valence-electron chi connectivity index (χ4n) is 1.68. The van der Waals surface area contributed by atoms with Crippen LogP contribution in [0, 0.1) is 12.7 Å². The van der Waals surface area contributed by atoms with Gasteiger partial charge in [0.05, 0.1) is 10.6 Å². The van der Waals surface area contributed by atoms with Crippen molar-refractivity contribution in [1.82, 2.24) is 4.72 Å². The number of rotatable bonds is 5. The van der Waals surface area contributed by atoms with E-state index in [0.717, 1.165) is 12.3 Å². The zero-order valence-corrected chi connectivity index (χ0v) is 12.5. The first kappa shape index (κ1) is 16.1. The first-order chi connectivity index (χ1) is 8.49. The molecule has 1 atom stereocenters. The maximum atomic E-state index is 13.2. The van der Waals surface area contributed by atoms with Gasteiger partial charge in [-0.3, -0.25) is 0 Å². The first-order valence-corrected chi connectivity index (χ1v) is 9.01. The number of sulfone groups is 1. The fraction of sp³-hybridized carbons (Fsp3) is 0.455. The Balaban J connectivity index is 2.99. The van der Waals surface area contributed by atoms with E-state index in [-0.39, 0.29) is 10.6 Å². The van der Waals surface area contributed by atoms with Gasteiger partial charge in [-0.05, 0) is 37.6 Å². The van der Waals surface area contributed by atoms with Crippen LogP contribution in [0.5, 0.6) is 0 Å². The molecule has 0 saturated carbocycles. The molecule has 0 spiro atoms. The third-order valence-electron chi connectivity index (χ3n) is 2.24. The van der Waals surface area contributed by atoms with E-state index in [4.69, 9.17) is 0 Å². The first-order valence-electron chi connectivity index (χ1n) is 5.47. The Labute approximate surface area is 112 Å². The highest BCUT2D eigenvalue weighted by atomic mass is 32.2. The predicted molar refractivity (Wildman–Crippen MR) is 70.6 cm³/mol. The van der Waals surface area contributed by atoms with Gasteiger partial charge < -0.3 is 0 Å². The van der Waals surface area contributed by atoms with Crippen molar-refractivity contribution >= 4 is 19.9 Å². The van der Waals surface area contributed by atoms with Crippen LogP contribution >= 0.6 is 0 Å². The lowest BCUT2D eigenvalue weighted by Gasteiger charge is -2.13. The summed E-state index contributed by atoms with van der Waals surface area (Å²) in [5, 5.41) is 0. The van der Waals surface area contributed by atoms with Crippen molar-refractivity contribution in [3.63, 3.8) is 0 Å². The minimum atomic E-state index is -3.93. The van der Waals surface area contributed by atoms with Crippen molar-refractivity contribution in [2.75, 3.05) is 12.0 Å². The van der Waals surface area contributed by atoms with Gasteiger partial charge in [-0.25, -0.2) is 25.9 Å². The maximum Gasteiger partial charge on any atom is 0.240 e. The lowest BCUT2D eigenvalue weighted by molar-refractivity contribution is 0.561. The monoisotopic (exact) mass is 309 g/mol. The van der Waals surface area contributed by atoms with Gasteiger partial charge in [0.2, 0.25) is 10.0 Å². The van der Waals surface area contributed by atoms with Crippen LogP contribution in [0.2, 0.25) is 0 Å². The SMILES string of the molecule is Cc1cc(F)cc(S(=O)(=O)NC(C)CS(C)(=O)=O)c1. The molecule has 0 aliphatic carbocycles. The summed E-state index contributed by atoms with van der Waals surface area (Å²) in [5.74, 6) is -0.975. The van der Waals surface area contributed by atoms with Gasteiger partial charge in [0.1, 0.15) is 15.7 Å². The van der Waals surface area contributed by atoms with Gasteiger partial charge in [0.25, 0.3) is 0 Å². The Morgan fingerprint density at radius 2 is 1.79 bits per heavy atom. The third kappa shape index (κ3) is 5.25. The molecule has 0 aliphatic rings. The number of hydrogen-bond acceptors (Lipinski definition) is 4. The Kier molecular flexibility index (Phi) is 4.70. The zero-order chi connectivity index (χ0) is 14.8. The Morgan fingerprint density at radius 3 is 2.26 bits per heavy atom. The fourth-order valence-corrected chi connectivity index (χ4v) is 4.13. The van der Waals surface area contributed by atoms with E-state index in [1.165, 1.54) is 19.1 Å². The molecule has 0 saturated heterocycles. The smallest absolute Gasteiger partial charge is 0.229 e. The summed E-state index contributed by atoms with van der Waals surface area (Å²) in [6, 6.07) is 2.63. The average Bonchev–Trinajstić information content (AvgIpc) is 2.11. The molecule has 0 radical (unpaired) electrons. The van der Waals surface area contributed by atoms with Crippen LogP contribution in [0.15, 0.2) is 23.1 Å². The summed E-state index contributed by atoms with van der Waals surface area (Å²) >= 11 is 0. The molecule has 0 bridgehead atoms. The van der Waals surface area contributed by atoms with E-state index >= 15 is 0 Å². The number of nitrogens with one attached hydrogen (secondary N) is 1. The van der Waals surface area contributed by atoms with Crippen molar-refractivity contribution < 1.29 is 21.2 Å². The van der Waals surface area contributed by atoms with E-state index in [1.807, 2.05) is 0 Å². The van der Waals surface area contributed by atoms with Crippen molar-refractivity contribution in [3.8, 4) is 0 Å². The molecule has 0 aliphatic heterocycles. The summed E-state index contributed by atoms with van der Waals surface area (Å²) < 4.78 is 61.5. The van der Waals surface area contributed by atoms with Crippen molar-refractivity contribution in [1.29, 1.82) is 0 Å². The molecule has 0 aromatic heterocycles. The summed E-state index contributed by atoms with van der Waals surface area (Å²) in [6.45, 7) is 3.01. The lowest BCUT2D eigenvalue weighted by Crippen LogP contribution is -2.37. The number of aryl methyl sites for hydroxylation is 1. The molecule has 0 fully saturated rings. The standard InChI is InChI=1S/C11H16FNO4S2/c1-8-4-10(12)6-11(5-8)19(16,17)13-9(2)7-18(3,14)15/h4-6,9,13H,7H2,1-3H3. The van der Waals surface area contributed by atoms with Gasteiger partial charge in [0.15, 0.2) is 0 Å². The summed E-state index contributed by atoms with van der Waals surface area (Å²) in [4.78, 5) is -0.217. The van der Waals surface area contributed by atoms with Crippen molar-refractivity contribution in [2.45, 2.75) is 24.8 Å². The number of benzene rings is 1. The quantitative estimate of drug-likeness (QED) is 0.874. The van der Waals surface area contributed by atoms with Crippen molar-refractivity contribution in [2.24, 2.45) is 0 Å². The van der Waals surface area contributed by atoms with Crippen LogP contribution in [0.1, 0.15) is 12.5 Å². The summed E-state index contributed by atoms with van der Waals surface area (Å²) in [5.41, 5.74) is 0.469. The molecule has 1 unspecified atom stereocenters. The normalized spacial score (nSPS) is 14.3. The van der Waals surface area contributed by atoms with Crippen LogP contribution in [-0.2, 0) is 19.9 Å². The molecule has 1 aromatic carbocycles. The molecule has 5 nitrogen and oxygen atoms in total. The number of sulfonamides is 1. The van der Waals surface area contributed by atoms with Gasteiger partial charge in [-0.2, -0.15) is 0 Å². The highest BCUT2D eigenvalue weighted by Gasteiger charge is 2.20. The number of hydrogen-bond donors (Lipinski definition) is 1.